The van der Waals surface area contributed by atoms with Crippen molar-refractivity contribution in [1.29, 1.82) is 0 Å². The normalized spacial score (nSPS) is 11.4. The lowest BCUT2D eigenvalue weighted by atomic mass is 9.92. The molecule has 0 aliphatic heterocycles. The van der Waals surface area contributed by atoms with Gasteiger partial charge in [-0.25, -0.2) is 15.0 Å². The Kier molecular flexibility index (Phi) is 6.43. The van der Waals surface area contributed by atoms with E-state index < -0.39 is 0 Å². The van der Waals surface area contributed by atoms with Crippen molar-refractivity contribution < 1.29 is 4.42 Å². The van der Waals surface area contributed by atoms with Crippen LogP contribution in [0, 0.1) is 0 Å². The molecule has 0 N–H and O–H groups in total. The molecule has 4 heteroatoms. The third kappa shape index (κ3) is 4.75. The second kappa shape index (κ2) is 11.2. The summed E-state index contributed by atoms with van der Waals surface area (Å²) in [5.74, 6) is 1.84. The van der Waals surface area contributed by atoms with Crippen LogP contribution in [0.2, 0.25) is 0 Å². The Labute approximate surface area is 271 Å². The number of hydrogen-bond acceptors (Lipinski definition) is 4. The number of benzene rings is 7. The average Bonchev–Trinajstić information content (AvgIpc) is 3.54. The number of fused-ring (bicyclic) bond motifs is 4. The summed E-state index contributed by atoms with van der Waals surface area (Å²) >= 11 is 0. The maximum Gasteiger partial charge on any atom is 0.165 e. The molecule has 4 nitrogen and oxygen atoms in total. The van der Waals surface area contributed by atoms with Gasteiger partial charge in [0.2, 0.25) is 0 Å². The highest BCUT2D eigenvalue weighted by Gasteiger charge is 2.21. The molecule has 2 aromatic heterocycles. The van der Waals surface area contributed by atoms with Gasteiger partial charge in [0.25, 0.3) is 0 Å². The van der Waals surface area contributed by atoms with Crippen molar-refractivity contribution in [2.75, 3.05) is 0 Å². The SMILES string of the molecule is c1ccc(-c2ccc(-c3ccc4ccccc4c3-c3nc(-c4ccccc4)nc(-c4cccc5oc6ccccc6c45)n3)cc2)cc1. The molecule has 7 aromatic carbocycles. The van der Waals surface area contributed by atoms with E-state index in [0.29, 0.717) is 17.5 Å². The summed E-state index contributed by atoms with van der Waals surface area (Å²) in [7, 11) is 0. The topological polar surface area (TPSA) is 51.8 Å². The van der Waals surface area contributed by atoms with Gasteiger partial charge in [-0.2, -0.15) is 0 Å². The Morgan fingerprint density at radius 3 is 1.74 bits per heavy atom. The number of para-hydroxylation sites is 1. The van der Waals surface area contributed by atoms with Gasteiger partial charge in [0.05, 0.1) is 0 Å². The molecule has 47 heavy (non-hydrogen) atoms. The first-order valence-corrected chi connectivity index (χ1v) is 15.7. The standard InChI is InChI=1S/C43H27N3O/c1-3-12-28(13-4-1)29-22-24-31(25-23-29)34-27-26-30-14-7-8-17-33(30)40(34)43-45-41(32-15-5-2-6-16-32)44-42(46-43)36-19-11-21-38-39(36)35-18-9-10-20-37(35)47-38/h1-27H. The highest BCUT2D eigenvalue weighted by Crippen LogP contribution is 2.40. The molecular formula is C43H27N3O. The van der Waals surface area contributed by atoms with Crippen LogP contribution in [-0.2, 0) is 0 Å². The van der Waals surface area contributed by atoms with Crippen molar-refractivity contribution in [1.82, 2.24) is 15.0 Å². The predicted octanol–water partition coefficient (Wildman–Crippen LogP) is 11.3. The van der Waals surface area contributed by atoms with Gasteiger partial charge >= 0.3 is 0 Å². The minimum Gasteiger partial charge on any atom is -0.456 e. The van der Waals surface area contributed by atoms with Crippen LogP contribution in [0.3, 0.4) is 0 Å². The highest BCUT2D eigenvalue weighted by molar-refractivity contribution is 6.12. The molecule has 0 aliphatic carbocycles. The fourth-order valence-electron chi connectivity index (χ4n) is 6.51. The third-order valence-corrected chi connectivity index (χ3v) is 8.77. The molecule has 9 rings (SSSR count). The van der Waals surface area contributed by atoms with Crippen LogP contribution in [-0.4, -0.2) is 15.0 Å². The van der Waals surface area contributed by atoms with E-state index in [9.17, 15) is 0 Å². The zero-order valence-corrected chi connectivity index (χ0v) is 25.3. The van der Waals surface area contributed by atoms with Crippen LogP contribution in [0.1, 0.15) is 0 Å². The lowest BCUT2D eigenvalue weighted by Gasteiger charge is -2.15. The van der Waals surface area contributed by atoms with Crippen LogP contribution in [0.5, 0.6) is 0 Å². The summed E-state index contributed by atoms with van der Waals surface area (Å²) in [5, 5.41) is 4.23. The van der Waals surface area contributed by atoms with Crippen LogP contribution in [0.25, 0.3) is 89.1 Å². The molecule has 0 amide bonds. The van der Waals surface area contributed by atoms with E-state index in [1.807, 2.05) is 66.7 Å². The van der Waals surface area contributed by atoms with Crippen LogP contribution >= 0.6 is 0 Å². The fourth-order valence-corrected chi connectivity index (χ4v) is 6.51. The first-order chi connectivity index (χ1) is 23.3. The van der Waals surface area contributed by atoms with Gasteiger partial charge in [-0.05, 0) is 45.2 Å². The van der Waals surface area contributed by atoms with Crippen molar-refractivity contribution in [2.24, 2.45) is 0 Å². The molecule has 0 atom stereocenters. The van der Waals surface area contributed by atoms with Crippen LogP contribution < -0.4 is 0 Å². The smallest absolute Gasteiger partial charge is 0.165 e. The Bertz CT molecular complexity index is 2550. The number of rotatable bonds is 5. The largest absolute Gasteiger partial charge is 0.456 e. The van der Waals surface area contributed by atoms with E-state index in [1.54, 1.807) is 0 Å². The second-order valence-electron chi connectivity index (χ2n) is 11.6. The minimum atomic E-state index is 0.601. The number of aromatic nitrogens is 3. The molecule has 0 radical (unpaired) electrons. The molecule has 220 valence electrons. The van der Waals surface area contributed by atoms with E-state index in [-0.39, 0.29) is 0 Å². The minimum absolute atomic E-state index is 0.601. The molecule has 0 saturated carbocycles. The molecular weight excluding hydrogens is 574 g/mol. The highest BCUT2D eigenvalue weighted by atomic mass is 16.3. The molecule has 0 fully saturated rings. The van der Waals surface area contributed by atoms with Crippen molar-refractivity contribution in [3.63, 3.8) is 0 Å². The number of nitrogens with zero attached hydrogens (tertiary/aromatic N) is 3. The Morgan fingerprint density at radius 2 is 0.936 bits per heavy atom. The maximum atomic E-state index is 6.25. The first-order valence-electron chi connectivity index (χ1n) is 15.7. The van der Waals surface area contributed by atoms with Gasteiger partial charge in [0.15, 0.2) is 17.5 Å². The predicted molar refractivity (Wildman–Crippen MR) is 192 cm³/mol. The van der Waals surface area contributed by atoms with Gasteiger partial charge in [-0.3, -0.25) is 0 Å². The number of furan rings is 1. The summed E-state index contributed by atoms with van der Waals surface area (Å²) in [5.41, 5.74) is 8.96. The third-order valence-electron chi connectivity index (χ3n) is 8.77. The Morgan fingerprint density at radius 1 is 0.340 bits per heavy atom. The first kappa shape index (κ1) is 27.0. The van der Waals surface area contributed by atoms with Crippen molar-refractivity contribution in [2.45, 2.75) is 0 Å². The lowest BCUT2D eigenvalue weighted by Crippen LogP contribution is -2.02. The van der Waals surface area contributed by atoms with E-state index in [2.05, 4.69) is 97.1 Å². The van der Waals surface area contributed by atoms with Gasteiger partial charge in [0.1, 0.15) is 11.2 Å². The Balaban J connectivity index is 1.31. The van der Waals surface area contributed by atoms with Crippen LogP contribution in [0.15, 0.2) is 168 Å². The van der Waals surface area contributed by atoms with Gasteiger partial charge in [-0.15, -0.1) is 0 Å². The molecule has 0 unspecified atom stereocenters. The number of hydrogen-bond donors (Lipinski definition) is 0. The van der Waals surface area contributed by atoms with E-state index in [0.717, 1.165) is 60.5 Å². The van der Waals surface area contributed by atoms with Gasteiger partial charge in [-0.1, -0.05) is 152 Å². The fraction of sp³-hybridized carbons (Fsp3) is 0. The van der Waals surface area contributed by atoms with Gasteiger partial charge < -0.3 is 4.42 Å². The lowest BCUT2D eigenvalue weighted by molar-refractivity contribution is 0.669. The zero-order chi connectivity index (χ0) is 31.2. The zero-order valence-electron chi connectivity index (χ0n) is 25.3. The van der Waals surface area contributed by atoms with Crippen molar-refractivity contribution in [3.05, 3.63) is 164 Å². The molecule has 0 bridgehead atoms. The van der Waals surface area contributed by atoms with E-state index in [1.165, 1.54) is 11.1 Å². The molecule has 0 saturated heterocycles. The van der Waals surface area contributed by atoms with Crippen LogP contribution in [0.4, 0.5) is 0 Å². The molecule has 0 aliphatic rings. The van der Waals surface area contributed by atoms with Gasteiger partial charge in [0, 0.05) is 27.5 Å². The second-order valence-corrected chi connectivity index (χ2v) is 11.6. The summed E-state index contributed by atoms with van der Waals surface area (Å²) in [4.78, 5) is 15.6. The molecule has 2 heterocycles. The monoisotopic (exact) mass is 601 g/mol. The van der Waals surface area contributed by atoms with Crippen molar-refractivity contribution in [3.8, 4) is 56.4 Å². The van der Waals surface area contributed by atoms with E-state index >= 15 is 0 Å². The molecule has 9 aromatic rings. The van der Waals surface area contributed by atoms with E-state index in [4.69, 9.17) is 19.4 Å². The summed E-state index contributed by atoms with van der Waals surface area (Å²) < 4.78 is 6.25. The molecule has 0 spiro atoms. The average molecular weight is 602 g/mol. The summed E-state index contributed by atoms with van der Waals surface area (Å²) in [6, 6.07) is 56.3. The summed E-state index contributed by atoms with van der Waals surface area (Å²) in [6.07, 6.45) is 0. The van der Waals surface area contributed by atoms with Crippen molar-refractivity contribution >= 4 is 32.7 Å². The quantitative estimate of drug-likeness (QED) is 0.197. The summed E-state index contributed by atoms with van der Waals surface area (Å²) in [6.45, 7) is 0. The Hall–Kier alpha value is -6.39. The maximum absolute atomic E-state index is 6.25.